The molecular weight excluding hydrogens is 368 g/mol. The Bertz CT molecular complexity index is 1430. The van der Waals surface area contributed by atoms with Crippen molar-refractivity contribution < 1.29 is 9.90 Å². The van der Waals surface area contributed by atoms with Crippen molar-refractivity contribution in [1.82, 2.24) is 0 Å². The van der Waals surface area contributed by atoms with Crippen LogP contribution in [0.2, 0.25) is 0 Å². The highest BCUT2D eigenvalue weighted by molar-refractivity contribution is 6.16. The lowest BCUT2D eigenvalue weighted by molar-refractivity contribution is 0.0696. The van der Waals surface area contributed by atoms with Crippen LogP contribution >= 0.6 is 0 Å². The lowest BCUT2D eigenvalue weighted by Crippen LogP contribution is -2.04. The van der Waals surface area contributed by atoms with Crippen molar-refractivity contribution in [3.8, 4) is 0 Å². The fourth-order valence-electron chi connectivity index (χ4n) is 4.68. The third kappa shape index (κ3) is 3.09. The van der Waals surface area contributed by atoms with Gasteiger partial charge in [-0.05, 0) is 91.8 Å². The highest BCUT2D eigenvalue weighted by Gasteiger charge is 2.16. The Morgan fingerprint density at radius 1 is 0.733 bits per heavy atom. The van der Waals surface area contributed by atoms with Gasteiger partial charge in [-0.3, -0.25) is 0 Å². The van der Waals surface area contributed by atoms with E-state index in [4.69, 9.17) is 0 Å². The van der Waals surface area contributed by atoms with E-state index in [9.17, 15) is 9.90 Å². The third-order valence-electron chi connectivity index (χ3n) is 6.19. The number of hydrogen-bond acceptors (Lipinski definition) is 1. The number of unbranched alkanes of at least 4 members (excludes halogenated alkanes) is 2. The molecule has 0 bridgehead atoms. The summed E-state index contributed by atoms with van der Waals surface area (Å²) >= 11 is 0. The Balaban J connectivity index is 1.85. The van der Waals surface area contributed by atoms with Gasteiger partial charge in [0.2, 0.25) is 0 Å². The van der Waals surface area contributed by atoms with Gasteiger partial charge in [-0.2, -0.15) is 0 Å². The molecule has 0 heterocycles. The SMILES string of the molecule is CCCCCc1c(C(=O)O)ccc2ccc3cc4cc5ccccc5cc4cc3c12. The molecule has 30 heavy (non-hydrogen) atoms. The molecule has 5 rings (SSSR count). The van der Waals surface area contributed by atoms with Crippen molar-refractivity contribution in [3.05, 3.63) is 83.9 Å². The number of benzene rings is 5. The molecule has 0 aromatic heterocycles. The maximum atomic E-state index is 12.0. The zero-order valence-corrected chi connectivity index (χ0v) is 17.1. The molecule has 5 aromatic rings. The fourth-order valence-corrected chi connectivity index (χ4v) is 4.68. The van der Waals surface area contributed by atoms with E-state index in [1.54, 1.807) is 6.07 Å². The van der Waals surface area contributed by atoms with E-state index in [0.29, 0.717) is 5.56 Å². The molecule has 0 spiro atoms. The van der Waals surface area contributed by atoms with E-state index in [0.717, 1.165) is 52.8 Å². The molecule has 0 atom stereocenters. The summed E-state index contributed by atoms with van der Waals surface area (Å²) in [5.41, 5.74) is 1.41. The molecule has 0 unspecified atom stereocenters. The molecule has 0 radical (unpaired) electrons. The second kappa shape index (κ2) is 7.46. The van der Waals surface area contributed by atoms with Gasteiger partial charge >= 0.3 is 5.97 Å². The molecular formula is C28H24O2. The van der Waals surface area contributed by atoms with Gasteiger partial charge in [-0.25, -0.2) is 4.79 Å². The maximum absolute atomic E-state index is 12.0. The topological polar surface area (TPSA) is 37.3 Å². The molecule has 0 aliphatic heterocycles. The number of hydrogen-bond donors (Lipinski definition) is 1. The Kier molecular flexibility index (Phi) is 4.63. The molecule has 5 aromatic carbocycles. The van der Waals surface area contributed by atoms with Crippen molar-refractivity contribution in [3.63, 3.8) is 0 Å². The number of carboxylic acids is 1. The van der Waals surface area contributed by atoms with E-state index < -0.39 is 5.97 Å². The van der Waals surface area contributed by atoms with Gasteiger partial charge in [0.1, 0.15) is 0 Å². The van der Waals surface area contributed by atoms with Gasteiger partial charge < -0.3 is 5.11 Å². The molecule has 0 saturated heterocycles. The normalized spacial score (nSPS) is 11.6. The molecule has 0 aliphatic carbocycles. The minimum Gasteiger partial charge on any atom is -0.478 e. The highest BCUT2D eigenvalue weighted by Crippen LogP contribution is 2.35. The van der Waals surface area contributed by atoms with Crippen molar-refractivity contribution in [1.29, 1.82) is 0 Å². The largest absolute Gasteiger partial charge is 0.478 e. The Labute approximate surface area is 175 Å². The standard InChI is InChI=1S/C28H24O2/c1-2-3-4-9-24-25(28(29)30)13-12-18-10-11-21-16-22-14-19-7-5-6-8-20(19)15-23(22)17-26(21)27(18)24/h5-8,10-17H,2-4,9H2,1H3,(H,29,30). The van der Waals surface area contributed by atoms with Crippen LogP contribution in [-0.4, -0.2) is 11.1 Å². The van der Waals surface area contributed by atoms with E-state index in [2.05, 4.69) is 67.6 Å². The summed E-state index contributed by atoms with van der Waals surface area (Å²) in [4.78, 5) is 12.0. The summed E-state index contributed by atoms with van der Waals surface area (Å²) < 4.78 is 0. The summed E-state index contributed by atoms with van der Waals surface area (Å²) in [5.74, 6) is -0.841. The average Bonchev–Trinajstić information content (AvgIpc) is 2.76. The van der Waals surface area contributed by atoms with Crippen LogP contribution in [0.3, 0.4) is 0 Å². The first-order valence-electron chi connectivity index (χ1n) is 10.7. The zero-order valence-electron chi connectivity index (χ0n) is 17.1. The van der Waals surface area contributed by atoms with Crippen molar-refractivity contribution in [2.24, 2.45) is 0 Å². The lowest BCUT2D eigenvalue weighted by Gasteiger charge is -2.14. The first-order valence-corrected chi connectivity index (χ1v) is 10.7. The van der Waals surface area contributed by atoms with Crippen molar-refractivity contribution in [2.75, 3.05) is 0 Å². The van der Waals surface area contributed by atoms with Crippen LogP contribution in [0.25, 0.3) is 43.1 Å². The van der Waals surface area contributed by atoms with Crippen molar-refractivity contribution in [2.45, 2.75) is 32.6 Å². The molecule has 0 amide bonds. The second-order valence-corrected chi connectivity index (χ2v) is 8.14. The van der Waals surface area contributed by atoms with E-state index in [1.807, 2.05) is 6.07 Å². The summed E-state index contributed by atoms with van der Waals surface area (Å²) in [6.07, 6.45) is 4.02. The van der Waals surface area contributed by atoms with Crippen LogP contribution in [0.4, 0.5) is 0 Å². The monoisotopic (exact) mass is 392 g/mol. The van der Waals surface area contributed by atoms with Crippen LogP contribution in [-0.2, 0) is 6.42 Å². The Hall–Kier alpha value is -3.39. The smallest absolute Gasteiger partial charge is 0.335 e. The van der Waals surface area contributed by atoms with E-state index >= 15 is 0 Å². The van der Waals surface area contributed by atoms with Crippen LogP contribution in [0.15, 0.2) is 72.8 Å². The highest BCUT2D eigenvalue weighted by atomic mass is 16.4. The maximum Gasteiger partial charge on any atom is 0.335 e. The molecule has 2 heteroatoms. The van der Waals surface area contributed by atoms with Crippen molar-refractivity contribution >= 4 is 49.1 Å². The Morgan fingerprint density at radius 2 is 1.37 bits per heavy atom. The van der Waals surface area contributed by atoms with E-state index in [1.165, 1.54) is 21.5 Å². The summed E-state index contributed by atoms with van der Waals surface area (Å²) in [7, 11) is 0. The molecule has 148 valence electrons. The number of rotatable bonds is 5. The van der Waals surface area contributed by atoms with Gasteiger partial charge in [0.25, 0.3) is 0 Å². The predicted molar refractivity (Wildman–Crippen MR) is 127 cm³/mol. The number of aryl methyl sites for hydroxylation is 1. The van der Waals surface area contributed by atoms with Crippen LogP contribution in [0.5, 0.6) is 0 Å². The number of carbonyl (C=O) groups is 1. The minimum absolute atomic E-state index is 0.435. The average molecular weight is 392 g/mol. The zero-order chi connectivity index (χ0) is 20.7. The predicted octanol–water partition coefficient (Wildman–Crippen LogP) is 7.73. The molecule has 1 N–H and O–H groups in total. The second-order valence-electron chi connectivity index (χ2n) is 8.14. The lowest BCUT2D eigenvalue weighted by atomic mass is 9.90. The summed E-state index contributed by atoms with van der Waals surface area (Å²) in [6.45, 7) is 2.17. The first-order chi connectivity index (χ1) is 14.7. The number of aromatic carboxylic acids is 1. The van der Waals surface area contributed by atoms with Gasteiger partial charge in [-0.15, -0.1) is 0 Å². The van der Waals surface area contributed by atoms with Crippen LogP contribution in [0, 0.1) is 0 Å². The fraction of sp³-hybridized carbons (Fsp3) is 0.179. The molecule has 0 aliphatic rings. The van der Waals surface area contributed by atoms with Crippen LogP contribution < -0.4 is 0 Å². The first kappa shape index (κ1) is 18.6. The molecule has 0 fully saturated rings. The summed E-state index contributed by atoms with van der Waals surface area (Å²) in [5, 5.41) is 19.2. The number of fused-ring (bicyclic) bond motifs is 5. The minimum atomic E-state index is -0.841. The van der Waals surface area contributed by atoms with Gasteiger partial charge in [0.15, 0.2) is 0 Å². The molecule has 0 saturated carbocycles. The van der Waals surface area contributed by atoms with Gasteiger partial charge in [0.05, 0.1) is 5.56 Å². The van der Waals surface area contributed by atoms with Gasteiger partial charge in [0, 0.05) is 0 Å². The van der Waals surface area contributed by atoms with E-state index in [-0.39, 0.29) is 0 Å². The van der Waals surface area contributed by atoms with Crippen LogP contribution in [0.1, 0.15) is 42.1 Å². The quantitative estimate of drug-likeness (QED) is 0.189. The molecule has 2 nitrogen and oxygen atoms in total. The number of carboxylic acid groups (broad SMARTS) is 1. The Morgan fingerprint density at radius 3 is 2.07 bits per heavy atom. The van der Waals surface area contributed by atoms with Gasteiger partial charge in [-0.1, -0.05) is 62.2 Å². The summed E-state index contributed by atoms with van der Waals surface area (Å²) in [6, 6.07) is 25.4. The third-order valence-corrected chi connectivity index (χ3v) is 6.19.